The number of anilines is 1. The number of nitrogens with two attached hydrogens (primary N) is 1. The van der Waals surface area contributed by atoms with Crippen LogP contribution in [0, 0.1) is 11.3 Å². The van der Waals surface area contributed by atoms with E-state index in [1.54, 1.807) is 30.3 Å². The van der Waals surface area contributed by atoms with Crippen molar-refractivity contribution >= 4 is 33.3 Å². The van der Waals surface area contributed by atoms with E-state index in [-0.39, 0.29) is 0 Å². The maximum atomic E-state index is 10.5. The molecule has 0 saturated heterocycles. The van der Waals surface area contributed by atoms with E-state index in [1.165, 1.54) is 11.3 Å². The maximum absolute atomic E-state index is 10.5. The summed E-state index contributed by atoms with van der Waals surface area (Å²) in [6.07, 6.45) is 0.764. The van der Waals surface area contributed by atoms with Gasteiger partial charge in [-0.3, -0.25) is 4.79 Å². The molecule has 0 spiro atoms. The van der Waals surface area contributed by atoms with Crippen LogP contribution in [0.5, 0.6) is 0 Å². The summed E-state index contributed by atoms with van der Waals surface area (Å²) in [7, 11) is 0. The molecule has 1 aromatic carbocycles. The van der Waals surface area contributed by atoms with Crippen LogP contribution in [0.4, 0.5) is 15.7 Å². The molecular weight excluding hydrogens is 248 g/mol. The van der Waals surface area contributed by atoms with Crippen molar-refractivity contribution in [2.75, 3.05) is 5.73 Å². The van der Waals surface area contributed by atoms with Crippen molar-refractivity contribution in [3.8, 4) is 6.07 Å². The van der Waals surface area contributed by atoms with Gasteiger partial charge in [-0.25, -0.2) is 0 Å². The summed E-state index contributed by atoms with van der Waals surface area (Å²) in [5, 5.41) is 17.7. The van der Waals surface area contributed by atoms with Crippen molar-refractivity contribution in [1.82, 2.24) is 0 Å². The molecule has 1 aromatic heterocycles. The highest BCUT2D eigenvalue weighted by molar-refractivity contribution is 7.19. The fourth-order valence-corrected chi connectivity index (χ4v) is 1.95. The molecule has 0 radical (unpaired) electrons. The number of nitrogens with zero attached hydrogens (tertiary/aromatic N) is 3. The first-order valence-electron chi connectivity index (χ1n) is 4.99. The third kappa shape index (κ3) is 2.59. The highest BCUT2D eigenvalue weighted by atomic mass is 32.1. The first-order valence-corrected chi connectivity index (χ1v) is 5.81. The highest BCUT2D eigenvalue weighted by Gasteiger charge is 2.04. The minimum atomic E-state index is 0.408. The maximum Gasteiger partial charge on any atom is 0.150 e. The lowest BCUT2D eigenvalue weighted by molar-refractivity contribution is 0.112. The second kappa shape index (κ2) is 5.21. The van der Waals surface area contributed by atoms with E-state index in [4.69, 9.17) is 11.0 Å². The summed E-state index contributed by atoms with van der Waals surface area (Å²) in [6.45, 7) is 0. The average molecular weight is 256 g/mol. The van der Waals surface area contributed by atoms with Crippen molar-refractivity contribution < 1.29 is 4.79 Å². The second-order valence-electron chi connectivity index (χ2n) is 3.38. The summed E-state index contributed by atoms with van der Waals surface area (Å²) in [5.41, 5.74) is 7.24. The molecule has 18 heavy (non-hydrogen) atoms. The second-order valence-corrected chi connectivity index (χ2v) is 4.45. The molecule has 1 heterocycles. The Morgan fingerprint density at radius 2 is 2.00 bits per heavy atom. The Morgan fingerprint density at radius 1 is 1.28 bits per heavy atom. The molecule has 0 bridgehead atoms. The summed E-state index contributed by atoms with van der Waals surface area (Å²) in [5.74, 6) is 0. The monoisotopic (exact) mass is 256 g/mol. The van der Waals surface area contributed by atoms with E-state index in [9.17, 15) is 4.79 Å². The van der Waals surface area contributed by atoms with E-state index in [1.807, 2.05) is 6.07 Å². The van der Waals surface area contributed by atoms with Gasteiger partial charge in [0.25, 0.3) is 0 Å². The highest BCUT2D eigenvalue weighted by Crippen LogP contribution is 2.32. The molecular formula is C12H8N4OS. The van der Waals surface area contributed by atoms with Crippen LogP contribution in [0.15, 0.2) is 40.6 Å². The summed E-state index contributed by atoms with van der Waals surface area (Å²) < 4.78 is 0. The van der Waals surface area contributed by atoms with Gasteiger partial charge in [0.1, 0.15) is 22.4 Å². The van der Waals surface area contributed by atoms with Crippen LogP contribution in [0.3, 0.4) is 0 Å². The van der Waals surface area contributed by atoms with Crippen LogP contribution in [0.1, 0.15) is 15.9 Å². The van der Waals surface area contributed by atoms with E-state index < -0.39 is 0 Å². The smallest absolute Gasteiger partial charge is 0.150 e. The molecule has 0 aliphatic carbocycles. The lowest BCUT2D eigenvalue weighted by atomic mass is 10.2. The zero-order valence-corrected chi connectivity index (χ0v) is 10.0. The van der Waals surface area contributed by atoms with Crippen molar-refractivity contribution in [3.63, 3.8) is 0 Å². The third-order valence-corrected chi connectivity index (χ3v) is 3.01. The van der Waals surface area contributed by atoms with E-state index in [0.717, 1.165) is 6.29 Å². The summed E-state index contributed by atoms with van der Waals surface area (Å²) in [4.78, 5) is 10.5. The predicted molar refractivity (Wildman–Crippen MR) is 69.5 cm³/mol. The Morgan fingerprint density at radius 3 is 2.56 bits per heavy atom. The normalized spacial score (nSPS) is 10.4. The number of hydrogen-bond donors (Lipinski definition) is 1. The number of nitrogen functional groups attached to an aromatic ring is 1. The molecule has 2 rings (SSSR count). The van der Waals surface area contributed by atoms with Gasteiger partial charge < -0.3 is 5.73 Å². The van der Waals surface area contributed by atoms with Crippen LogP contribution < -0.4 is 5.73 Å². The van der Waals surface area contributed by atoms with Gasteiger partial charge in [-0.05, 0) is 30.3 Å². The molecule has 0 aliphatic rings. The van der Waals surface area contributed by atoms with Gasteiger partial charge in [0.15, 0.2) is 0 Å². The Kier molecular flexibility index (Phi) is 3.46. The number of carbonyl (C=O) groups is 1. The van der Waals surface area contributed by atoms with Crippen LogP contribution in [0.25, 0.3) is 0 Å². The number of benzene rings is 1. The quantitative estimate of drug-likeness (QED) is 0.673. The van der Waals surface area contributed by atoms with E-state index in [2.05, 4.69) is 10.2 Å². The largest absolute Gasteiger partial charge is 0.389 e. The van der Waals surface area contributed by atoms with Gasteiger partial charge in [0, 0.05) is 5.56 Å². The SMILES string of the molecule is N#Cc1cc(N=Nc2ccc(C=O)cc2)sc1N. The molecule has 6 heteroatoms. The Labute approximate surface area is 107 Å². The van der Waals surface area contributed by atoms with Gasteiger partial charge in [-0.1, -0.05) is 11.3 Å². The third-order valence-electron chi connectivity index (χ3n) is 2.16. The molecule has 0 unspecified atom stereocenters. The molecule has 2 N–H and O–H groups in total. The van der Waals surface area contributed by atoms with Gasteiger partial charge in [0.2, 0.25) is 0 Å². The van der Waals surface area contributed by atoms with Crippen LogP contribution >= 0.6 is 11.3 Å². The molecule has 0 atom stereocenters. The van der Waals surface area contributed by atoms with Crippen molar-refractivity contribution in [2.45, 2.75) is 0 Å². The minimum absolute atomic E-state index is 0.408. The molecule has 0 amide bonds. The van der Waals surface area contributed by atoms with Crippen LogP contribution in [-0.4, -0.2) is 6.29 Å². The summed E-state index contributed by atoms with van der Waals surface area (Å²) >= 11 is 1.20. The average Bonchev–Trinajstić information content (AvgIpc) is 2.77. The molecule has 5 nitrogen and oxygen atoms in total. The number of aldehydes is 1. The minimum Gasteiger partial charge on any atom is -0.389 e. The van der Waals surface area contributed by atoms with Gasteiger partial charge >= 0.3 is 0 Å². The van der Waals surface area contributed by atoms with Crippen LogP contribution in [0.2, 0.25) is 0 Å². The molecule has 0 aliphatic heterocycles. The molecule has 0 saturated carbocycles. The first kappa shape index (κ1) is 12.0. The Bertz CT molecular complexity index is 637. The number of carbonyl (C=O) groups excluding carboxylic acids is 1. The standard InChI is InChI=1S/C12H8N4OS/c13-6-9-5-11(18-12(9)14)16-15-10-3-1-8(7-17)2-4-10/h1-5,7H,14H2. The molecule has 2 aromatic rings. The van der Waals surface area contributed by atoms with E-state index >= 15 is 0 Å². The van der Waals surface area contributed by atoms with Crippen LogP contribution in [-0.2, 0) is 0 Å². The fourth-order valence-electron chi connectivity index (χ4n) is 1.25. The molecule has 0 fully saturated rings. The Balaban J connectivity index is 2.19. The zero-order valence-electron chi connectivity index (χ0n) is 9.20. The van der Waals surface area contributed by atoms with Crippen molar-refractivity contribution in [3.05, 3.63) is 41.5 Å². The Hall–Kier alpha value is -2.52. The number of hydrogen-bond acceptors (Lipinski definition) is 6. The van der Waals surface area contributed by atoms with E-state index in [0.29, 0.717) is 26.8 Å². The number of thiophene rings is 1. The van der Waals surface area contributed by atoms with Crippen molar-refractivity contribution in [1.29, 1.82) is 5.26 Å². The first-order chi connectivity index (χ1) is 8.72. The predicted octanol–water partition coefficient (Wildman–Crippen LogP) is 3.43. The topological polar surface area (TPSA) is 91.6 Å². The summed E-state index contributed by atoms with van der Waals surface area (Å²) in [6, 6.07) is 10.3. The lowest BCUT2D eigenvalue weighted by Gasteiger charge is -1.91. The number of rotatable bonds is 3. The van der Waals surface area contributed by atoms with Gasteiger partial charge in [-0.15, -0.1) is 10.2 Å². The zero-order chi connectivity index (χ0) is 13.0. The molecule has 88 valence electrons. The lowest BCUT2D eigenvalue weighted by Crippen LogP contribution is -1.80. The van der Waals surface area contributed by atoms with Gasteiger partial charge in [-0.2, -0.15) is 5.26 Å². The number of nitriles is 1. The van der Waals surface area contributed by atoms with Gasteiger partial charge in [0.05, 0.1) is 11.3 Å². The number of azo groups is 1. The fraction of sp³-hybridized carbons (Fsp3) is 0. The van der Waals surface area contributed by atoms with Crippen molar-refractivity contribution in [2.24, 2.45) is 10.2 Å².